The van der Waals surface area contributed by atoms with E-state index in [1.807, 2.05) is 10.8 Å². The first-order chi connectivity index (χ1) is 8.29. The molecule has 1 aliphatic rings. The highest BCUT2D eigenvalue weighted by atomic mass is 16.5. The smallest absolute Gasteiger partial charge is 0.222 e. The fourth-order valence-corrected chi connectivity index (χ4v) is 1.97. The van der Waals surface area contributed by atoms with E-state index in [0.717, 1.165) is 13.1 Å². The summed E-state index contributed by atoms with van der Waals surface area (Å²) < 4.78 is 7.17. The maximum absolute atomic E-state index is 11.7. The minimum atomic E-state index is 0.0504. The van der Waals surface area contributed by atoms with Crippen molar-refractivity contribution in [3.8, 4) is 0 Å². The Kier molecular flexibility index (Phi) is 4.11. The topological polar surface area (TPSA) is 68.2 Å². The van der Waals surface area contributed by atoms with Crippen LogP contribution in [0, 0.1) is 0 Å². The minimum Gasteiger partial charge on any atom is -0.378 e. The van der Waals surface area contributed by atoms with Gasteiger partial charge in [0.25, 0.3) is 0 Å². The molecule has 1 aromatic rings. The Morgan fingerprint density at radius 1 is 1.65 bits per heavy atom. The Hall–Kier alpha value is -1.40. The van der Waals surface area contributed by atoms with Crippen LogP contribution in [0.4, 0.5) is 0 Å². The van der Waals surface area contributed by atoms with Crippen LogP contribution in [0.3, 0.4) is 0 Å². The quantitative estimate of drug-likeness (QED) is 0.717. The van der Waals surface area contributed by atoms with Gasteiger partial charge in [0.15, 0.2) is 0 Å². The van der Waals surface area contributed by atoms with Crippen LogP contribution in [-0.4, -0.2) is 47.8 Å². The van der Waals surface area contributed by atoms with Gasteiger partial charge in [-0.3, -0.25) is 4.79 Å². The number of rotatable bonds is 5. The second-order valence-corrected chi connectivity index (χ2v) is 4.16. The van der Waals surface area contributed by atoms with Gasteiger partial charge in [0, 0.05) is 45.6 Å². The summed E-state index contributed by atoms with van der Waals surface area (Å²) in [6.45, 7) is 2.22. The van der Waals surface area contributed by atoms with Crippen LogP contribution in [0.15, 0.2) is 18.7 Å². The predicted octanol–water partition coefficient (Wildman–Crippen LogP) is -0.624. The molecular formula is C11H18N4O2. The molecule has 17 heavy (non-hydrogen) atoms. The van der Waals surface area contributed by atoms with Crippen LogP contribution >= 0.6 is 0 Å². The average Bonchev–Trinajstić information content (AvgIpc) is 2.97. The highest BCUT2D eigenvalue weighted by Gasteiger charge is 2.27. The second kappa shape index (κ2) is 5.79. The first-order valence-electron chi connectivity index (χ1n) is 5.78. The third-order valence-electron chi connectivity index (χ3n) is 2.96. The van der Waals surface area contributed by atoms with Crippen LogP contribution in [0.2, 0.25) is 0 Å². The maximum atomic E-state index is 11.7. The molecule has 0 spiro atoms. The second-order valence-electron chi connectivity index (χ2n) is 4.16. The van der Waals surface area contributed by atoms with Crippen molar-refractivity contribution in [1.29, 1.82) is 0 Å². The van der Waals surface area contributed by atoms with E-state index in [1.54, 1.807) is 19.6 Å². The summed E-state index contributed by atoms with van der Waals surface area (Å²) in [4.78, 5) is 15.7. The van der Waals surface area contributed by atoms with Crippen molar-refractivity contribution in [2.75, 3.05) is 20.2 Å². The van der Waals surface area contributed by atoms with E-state index in [9.17, 15) is 4.79 Å². The Morgan fingerprint density at radius 2 is 2.53 bits per heavy atom. The highest BCUT2D eigenvalue weighted by Crippen LogP contribution is 2.04. The van der Waals surface area contributed by atoms with Crippen molar-refractivity contribution in [2.24, 2.45) is 0 Å². The van der Waals surface area contributed by atoms with E-state index >= 15 is 0 Å². The molecule has 1 fully saturated rings. The standard InChI is InChI=1S/C11H18N4O2/c1-17-10-7-13-6-9(10)14-11(16)2-4-15-5-3-12-8-15/h3,5,8-10,13H,2,4,6-7H2,1H3,(H,14,16)/t9?,10-/m1/s1. The number of nitrogens with one attached hydrogen (secondary N) is 2. The van der Waals surface area contributed by atoms with Gasteiger partial charge in [-0.25, -0.2) is 4.98 Å². The number of methoxy groups -OCH3 is 1. The van der Waals surface area contributed by atoms with Crippen molar-refractivity contribution in [3.05, 3.63) is 18.7 Å². The molecule has 94 valence electrons. The fraction of sp³-hybridized carbons (Fsp3) is 0.636. The van der Waals surface area contributed by atoms with Crippen molar-refractivity contribution < 1.29 is 9.53 Å². The van der Waals surface area contributed by atoms with E-state index in [1.165, 1.54) is 0 Å². The van der Waals surface area contributed by atoms with Crippen molar-refractivity contribution in [1.82, 2.24) is 20.2 Å². The van der Waals surface area contributed by atoms with Crippen LogP contribution in [0.5, 0.6) is 0 Å². The molecule has 6 nitrogen and oxygen atoms in total. The van der Waals surface area contributed by atoms with Gasteiger partial charge in [-0.15, -0.1) is 0 Å². The summed E-state index contributed by atoms with van der Waals surface area (Å²) in [5.41, 5.74) is 0. The monoisotopic (exact) mass is 238 g/mol. The summed E-state index contributed by atoms with van der Waals surface area (Å²) in [7, 11) is 1.67. The normalized spacial score (nSPS) is 23.8. The van der Waals surface area contributed by atoms with Gasteiger partial charge < -0.3 is 19.9 Å². The molecule has 0 saturated carbocycles. The Morgan fingerprint density at radius 3 is 3.24 bits per heavy atom. The van der Waals surface area contributed by atoms with E-state index in [-0.39, 0.29) is 18.1 Å². The highest BCUT2D eigenvalue weighted by molar-refractivity contribution is 5.76. The summed E-state index contributed by atoms with van der Waals surface area (Å²) in [6, 6.07) is 0.0790. The lowest BCUT2D eigenvalue weighted by Crippen LogP contribution is -2.43. The molecule has 0 aromatic carbocycles. The number of imidazole rings is 1. The molecule has 0 aliphatic carbocycles. The lowest BCUT2D eigenvalue weighted by Gasteiger charge is -2.18. The van der Waals surface area contributed by atoms with Gasteiger partial charge >= 0.3 is 0 Å². The van der Waals surface area contributed by atoms with E-state index < -0.39 is 0 Å². The largest absolute Gasteiger partial charge is 0.378 e. The Balaban J connectivity index is 1.73. The SMILES string of the molecule is CO[C@@H]1CNCC1NC(=O)CCn1ccnc1. The molecule has 0 bridgehead atoms. The fourth-order valence-electron chi connectivity index (χ4n) is 1.97. The Labute approximate surface area is 100 Å². The van der Waals surface area contributed by atoms with Gasteiger partial charge in [0.05, 0.1) is 18.5 Å². The minimum absolute atomic E-state index is 0.0504. The van der Waals surface area contributed by atoms with E-state index in [2.05, 4.69) is 15.6 Å². The van der Waals surface area contributed by atoms with Gasteiger partial charge in [-0.1, -0.05) is 0 Å². The average molecular weight is 238 g/mol. The summed E-state index contributed by atoms with van der Waals surface area (Å²) in [5.74, 6) is 0.0504. The molecule has 2 N–H and O–H groups in total. The summed E-state index contributed by atoms with van der Waals surface area (Å²) in [5, 5.41) is 6.18. The molecule has 2 heterocycles. The van der Waals surface area contributed by atoms with Gasteiger partial charge in [0.2, 0.25) is 5.91 Å². The number of hydrogen-bond donors (Lipinski definition) is 2. The van der Waals surface area contributed by atoms with Crippen LogP contribution in [0.1, 0.15) is 6.42 Å². The third kappa shape index (κ3) is 3.28. The molecule has 1 unspecified atom stereocenters. The van der Waals surface area contributed by atoms with Crippen molar-refractivity contribution in [2.45, 2.75) is 25.1 Å². The summed E-state index contributed by atoms with van der Waals surface area (Å²) >= 11 is 0. The zero-order valence-electron chi connectivity index (χ0n) is 9.93. The number of aromatic nitrogens is 2. The molecule has 1 amide bonds. The zero-order chi connectivity index (χ0) is 12.1. The Bertz CT molecular complexity index is 352. The molecule has 2 rings (SSSR count). The molecule has 1 aromatic heterocycles. The zero-order valence-corrected chi connectivity index (χ0v) is 9.93. The maximum Gasteiger partial charge on any atom is 0.222 e. The molecule has 6 heteroatoms. The van der Waals surface area contributed by atoms with Gasteiger partial charge in [0.1, 0.15) is 0 Å². The first kappa shape index (κ1) is 12.1. The molecule has 1 saturated heterocycles. The molecular weight excluding hydrogens is 220 g/mol. The lowest BCUT2D eigenvalue weighted by atomic mass is 10.2. The predicted molar refractivity (Wildman–Crippen MR) is 62.4 cm³/mol. The van der Waals surface area contributed by atoms with Crippen molar-refractivity contribution >= 4 is 5.91 Å². The van der Waals surface area contributed by atoms with Crippen molar-refractivity contribution in [3.63, 3.8) is 0 Å². The van der Waals surface area contributed by atoms with Gasteiger partial charge in [-0.05, 0) is 0 Å². The van der Waals surface area contributed by atoms with Crippen LogP contribution in [0.25, 0.3) is 0 Å². The van der Waals surface area contributed by atoms with E-state index in [4.69, 9.17) is 4.74 Å². The van der Waals surface area contributed by atoms with Gasteiger partial charge in [-0.2, -0.15) is 0 Å². The molecule has 0 radical (unpaired) electrons. The number of hydrogen-bond acceptors (Lipinski definition) is 4. The number of carbonyl (C=O) groups excluding carboxylic acids is 1. The first-order valence-corrected chi connectivity index (χ1v) is 5.78. The third-order valence-corrected chi connectivity index (χ3v) is 2.96. The number of amides is 1. The van der Waals surface area contributed by atoms with Crippen LogP contribution in [-0.2, 0) is 16.1 Å². The van der Waals surface area contributed by atoms with E-state index in [0.29, 0.717) is 13.0 Å². The summed E-state index contributed by atoms with van der Waals surface area (Å²) in [6.07, 6.45) is 5.81. The molecule has 1 aliphatic heterocycles. The van der Waals surface area contributed by atoms with Crippen LogP contribution < -0.4 is 10.6 Å². The number of nitrogens with zero attached hydrogens (tertiary/aromatic N) is 2. The lowest BCUT2D eigenvalue weighted by molar-refractivity contribution is -0.122. The number of aryl methyl sites for hydroxylation is 1. The number of ether oxygens (including phenoxy) is 1. The molecule has 2 atom stereocenters. The number of carbonyl (C=O) groups is 1.